The Morgan fingerprint density at radius 2 is 1.27 bits per heavy atom. The van der Waals surface area contributed by atoms with E-state index in [1.54, 1.807) is 20.8 Å². The Hall–Kier alpha value is -2.71. The van der Waals surface area contributed by atoms with E-state index in [4.69, 9.17) is 34.2 Å². The molecule has 49 heavy (non-hydrogen) atoms. The second kappa shape index (κ2) is 22.9. The summed E-state index contributed by atoms with van der Waals surface area (Å²) in [6, 6.07) is 8.11. The molecule has 0 amide bonds. The van der Waals surface area contributed by atoms with Gasteiger partial charge >= 0.3 is 0 Å². The standard InChI is InChI=1S/C35H57N5O8S/c1-23-15-31(9-10-32(23)38-39-35-34(37)30(8)33(16-36)49-35)40(11-13-43-19-26(4)47-21-28(6)45-17-24(2)41)12-14-44-20-27(5)48-22-29(7)46-18-25(3)42/h9-10,15,24-29,41-42H,11-14,17-22,37H2,1-8H3. The summed E-state index contributed by atoms with van der Waals surface area (Å²) in [6.07, 6.45) is -1.51. The van der Waals surface area contributed by atoms with Crippen LogP contribution in [-0.2, 0) is 28.4 Å². The molecule has 276 valence electrons. The fourth-order valence-electron chi connectivity index (χ4n) is 4.36. The average Bonchev–Trinajstić information content (AvgIpc) is 3.34. The van der Waals surface area contributed by atoms with Crippen molar-refractivity contribution in [1.29, 1.82) is 5.26 Å². The average molecular weight is 708 g/mol. The Morgan fingerprint density at radius 1 is 0.776 bits per heavy atom. The number of hydrogen-bond donors (Lipinski definition) is 3. The van der Waals surface area contributed by atoms with Crippen LogP contribution in [0.15, 0.2) is 28.4 Å². The lowest BCUT2D eigenvalue weighted by molar-refractivity contribution is -0.0702. The summed E-state index contributed by atoms with van der Waals surface area (Å²) in [6.45, 7) is 19.3. The van der Waals surface area contributed by atoms with Crippen molar-refractivity contribution in [2.24, 2.45) is 10.2 Å². The third-order valence-corrected chi connectivity index (χ3v) is 8.36. The molecule has 0 aliphatic rings. The van der Waals surface area contributed by atoms with Gasteiger partial charge in [-0.05, 0) is 79.2 Å². The molecule has 14 heteroatoms. The second-order valence-corrected chi connectivity index (χ2v) is 13.5. The highest BCUT2D eigenvalue weighted by Gasteiger charge is 2.15. The van der Waals surface area contributed by atoms with Crippen molar-refractivity contribution in [2.75, 3.05) is 76.6 Å². The predicted octanol–water partition coefficient (Wildman–Crippen LogP) is 5.46. The van der Waals surface area contributed by atoms with Gasteiger partial charge in [0.25, 0.3) is 0 Å². The number of rotatable bonds is 25. The molecular weight excluding hydrogens is 650 g/mol. The molecule has 6 atom stereocenters. The van der Waals surface area contributed by atoms with Crippen LogP contribution in [-0.4, -0.2) is 113 Å². The van der Waals surface area contributed by atoms with Gasteiger partial charge in [-0.15, -0.1) is 21.6 Å². The first-order chi connectivity index (χ1) is 23.3. The van der Waals surface area contributed by atoms with E-state index in [0.717, 1.165) is 16.8 Å². The third kappa shape index (κ3) is 16.7. The number of nitrogen functional groups attached to an aromatic ring is 1. The largest absolute Gasteiger partial charge is 0.396 e. The maximum Gasteiger partial charge on any atom is 0.163 e. The van der Waals surface area contributed by atoms with Crippen LogP contribution < -0.4 is 10.6 Å². The van der Waals surface area contributed by atoms with Gasteiger partial charge in [0.05, 0.1) is 101 Å². The molecule has 6 unspecified atom stereocenters. The molecule has 0 saturated carbocycles. The Balaban J connectivity index is 1.97. The topological polar surface area (TPSA) is 174 Å². The number of nitrogens with zero attached hydrogens (tertiary/aromatic N) is 4. The molecule has 0 saturated heterocycles. The summed E-state index contributed by atoms with van der Waals surface area (Å²) in [5.74, 6) is 0. The van der Waals surface area contributed by atoms with Crippen LogP contribution >= 0.6 is 11.3 Å². The fraction of sp³-hybridized carbons (Fsp3) is 0.686. The van der Waals surface area contributed by atoms with Gasteiger partial charge in [0.2, 0.25) is 0 Å². The van der Waals surface area contributed by atoms with E-state index in [0.29, 0.717) is 74.0 Å². The van der Waals surface area contributed by atoms with Crippen LogP contribution in [0, 0.1) is 25.2 Å². The van der Waals surface area contributed by atoms with Gasteiger partial charge in [0.1, 0.15) is 10.9 Å². The molecule has 0 fully saturated rings. The summed E-state index contributed by atoms with van der Waals surface area (Å²) in [7, 11) is 0. The summed E-state index contributed by atoms with van der Waals surface area (Å²) < 4.78 is 34.8. The number of ether oxygens (including phenoxy) is 6. The number of anilines is 2. The van der Waals surface area contributed by atoms with Crippen LogP contribution in [0.25, 0.3) is 0 Å². The summed E-state index contributed by atoms with van der Waals surface area (Å²) in [5, 5.41) is 37.4. The number of benzene rings is 1. The molecule has 0 aliphatic heterocycles. The first-order valence-corrected chi connectivity index (χ1v) is 17.7. The Morgan fingerprint density at radius 3 is 1.71 bits per heavy atom. The van der Waals surface area contributed by atoms with Crippen molar-refractivity contribution in [2.45, 2.75) is 92.0 Å². The highest BCUT2D eigenvalue weighted by molar-refractivity contribution is 7.17. The molecule has 1 aromatic carbocycles. The molecule has 0 aliphatic carbocycles. The molecule has 4 N–H and O–H groups in total. The molecular formula is C35H57N5O8S. The summed E-state index contributed by atoms with van der Waals surface area (Å²) in [4.78, 5) is 2.73. The minimum atomic E-state index is -0.512. The molecule has 2 aromatic rings. The van der Waals surface area contributed by atoms with Gasteiger partial charge in [-0.25, -0.2) is 0 Å². The first-order valence-electron chi connectivity index (χ1n) is 16.8. The lowest BCUT2D eigenvalue weighted by Gasteiger charge is -2.26. The summed E-state index contributed by atoms with van der Waals surface area (Å²) in [5.41, 5.74) is 9.96. The van der Waals surface area contributed by atoms with Crippen molar-refractivity contribution < 1.29 is 38.6 Å². The monoisotopic (exact) mass is 707 g/mol. The summed E-state index contributed by atoms with van der Waals surface area (Å²) >= 11 is 1.23. The predicted molar refractivity (Wildman–Crippen MR) is 192 cm³/mol. The van der Waals surface area contributed by atoms with Gasteiger partial charge in [-0.3, -0.25) is 0 Å². The van der Waals surface area contributed by atoms with E-state index in [1.807, 2.05) is 46.8 Å². The van der Waals surface area contributed by atoms with E-state index in [1.165, 1.54) is 11.3 Å². The van der Waals surface area contributed by atoms with Crippen molar-refractivity contribution in [3.8, 4) is 6.07 Å². The number of nitriles is 1. The number of aliphatic hydroxyl groups excluding tert-OH is 2. The second-order valence-electron chi connectivity index (χ2n) is 12.5. The Kier molecular flexibility index (Phi) is 19.8. The van der Waals surface area contributed by atoms with E-state index >= 15 is 0 Å². The quantitative estimate of drug-likeness (QED) is 0.0884. The van der Waals surface area contributed by atoms with Gasteiger partial charge in [-0.1, -0.05) is 0 Å². The van der Waals surface area contributed by atoms with Crippen molar-refractivity contribution in [3.63, 3.8) is 0 Å². The smallest absolute Gasteiger partial charge is 0.163 e. The van der Waals surface area contributed by atoms with E-state index in [9.17, 15) is 15.5 Å². The minimum absolute atomic E-state index is 0.117. The SMILES string of the molecule is Cc1cc(N(CCOCC(C)OCC(C)OCC(C)O)CCOCC(C)OCC(C)OCC(C)O)ccc1N=Nc1sc(C#N)c(C)c1N. The van der Waals surface area contributed by atoms with Gasteiger partial charge < -0.3 is 49.3 Å². The Labute approximate surface area is 295 Å². The number of thiophene rings is 1. The maximum absolute atomic E-state index is 9.40. The van der Waals surface area contributed by atoms with Crippen molar-refractivity contribution in [3.05, 3.63) is 34.2 Å². The van der Waals surface area contributed by atoms with Crippen LogP contribution in [0.1, 0.15) is 57.5 Å². The van der Waals surface area contributed by atoms with Gasteiger partial charge in [0.15, 0.2) is 5.00 Å². The zero-order valence-electron chi connectivity index (χ0n) is 30.4. The van der Waals surface area contributed by atoms with E-state index < -0.39 is 12.2 Å². The third-order valence-electron chi connectivity index (χ3n) is 7.26. The van der Waals surface area contributed by atoms with Gasteiger partial charge in [0, 0.05) is 24.3 Å². The lowest BCUT2D eigenvalue weighted by Crippen LogP contribution is -2.33. The zero-order chi connectivity index (χ0) is 36.3. The maximum atomic E-state index is 9.40. The lowest BCUT2D eigenvalue weighted by atomic mass is 10.1. The van der Waals surface area contributed by atoms with Crippen LogP contribution in [0.4, 0.5) is 22.1 Å². The van der Waals surface area contributed by atoms with Gasteiger partial charge in [-0.2, -0.15) is 5.26 Å². The highest BCUT2D eigenvalue weighted by Crippen LogP contribution is 2.38. The van der Waals surface area contributed by atoms with Crippen LogP contribution in [0.5, 0.6) is 0 Å². The number of aliphatic hydroxyl groups is 2. The molecule has 0 spiro atoms. The minimum Gasteiger partial charge on any atom is -0.396 e. The van der Waals surface area contributed by atoms with Crippen LogP contribution in [0.3, 0.4) is 0 Å². The number of hydrogen-bond acceptors (Lipinski definition) is 14. The zero-order valence-corrected chi connectivity index (χ0v) is 31.2. The molecule has 2 rings (SSSR count). The normalized spacial score (nSPS) is 15.5. The molecule has 1 aromatic heterocycles. The number of nitrogens with two attached hydrogens (primary N) is 1. The fourth-order valence-corrected chi connectivity index (χ4v) is 5.20. The Bertz CT molecular complexity index is 1270. The molecule has 1 heterocycles. The molecule has 0 bridgehead atoms. The highest BCUT2D eigenvalue weighted by atomic mass is 32.1. The van der Waals surface area contributed by atoms with E-state index in [-0.39, 0.29) is 37.6 Å². The van der Waals surface area contributed by atoms with Crippen molar-refractivity contribution in [1.82, 2.24) is 0 Å². The van der Waals surface area contributed by atoms with Crippen LogP contribution in [0.2, 0.25) is 0 Å². The number of azo groups is 1. The first kappa shape index (κ1) is 42.5. The molecule has 13 nitrogen and oxygen atoms in total. The number of aryl methyl sites for hydroxylation is 1. The molecule has 0 radical (unpaired) electrons. The van der Waals surface area contributed by atoms with E-state index in [2.05, 4.69) is 27.3 Å². The van der Waals surface area contributed by atoms with Crippen molar-refractivity contribution >= 4 is 33.4 Å².